The second-order valence-electron chi connectivity index (χ2n) is 4.85. The second-order valence-corrected chi connectivity index (χ2v) is 4.85. The van der Waals surface area contributed by atoms with Crippen LogP contribution in [0.1, 0.15) is 5.56 Å². The molecule has 0 N–H and O–H groups in total. The van der Waals surface area contributed by atoms with Crippen LogP contribution in [-0.4, -0.2) is 9.78 Å². The first kappa shape index (κ1) is 18.2. The Bertz CT molecular complexity index is 833. The molecule has 0 fully saturated rings. The Morgan fingerprint density at radius 2 is 1.78 bits per heavy atom. The predicted octanol–water partition coefficient (Wildman–Crippen LogP) is 3.51. The van der Waals surface area contributed by atoms with Crippen molar-refractivity contribution in [3.63, 3.8) is 0 Å². The Balaban J connectivity index is 0.000000640. The molecule has 0 saturated heterocycles. The molecule has 0 saturated carbocycles. The first-order chi connectivity index (χ1) is 9.93. The van der Waals surface area contributed by atoms with Crippen LogP contribution < -0.4 is 10.0 Å². The molecule has 0 amide bonds. The molecule has 0 bridgehead atoms. The number of hydrogen-bond acceptors (Lipinski definition) is 3. The largest absolute Gasteiger partial charge is 3.00 e. The van der Waals surface area contributed by atoms with Crippen molar-refractivity contribution >= 4 is 17.2 Å². The van der Waals surface area contributed by atoms with Crippen LogP contribution in [0, 0.1) is 20.0 Å². The summed E-state index contributed by atoms with van der Waals surface area (Å²) < 4.78 is 1.96. The molecule has 2 aliphatic heterocycles. The van der Waals surface area contributed by atoms with Crippen molar-refractivity contribution in [3.8, 4) is 5.69 Å². The summed E-state index contributed by atoms with van der Waals surface area (Å²) in [7, 11) is 0. The maximum Gasteiger partial charge on any atom is 3.00 e. The van der Waals surface area contributed by atoms with Gasteiger partial charge in [0.1, 0.15) is 5.82 Å². The summed E-state index contributed by atoms with van der Waals surface area (Å²) in [5.41, 5.74) is 4.43. The Morgan fingerprint density at radius 3 is 2.65 bits per heavy atom. The quantitative estimate of drug-likeness (QED) is 0.398. The average molecular weight is 554 g/mol. The smallest absolute Gasteiger partial charge is 0.358 e. The SMILES string of the molecule is [CH3-].[Ir+3].[Y].[c-]1cccc2c1N1[CH-]c3ccccc3N1c1ccnn1-2. The summed E-state index contributed by atoms with van der Waals surface area (Å²) in [6.07, 6.45) is 1.83. The van der Waals surface area contributed by atoms with Crippen LogP contribution in [0.15, 0.2) is 54.7 Å². The number of rotatable bonds is 0. The number of hydrogen-bond donors (Lipinski definition) is 0. The molecule has 6 heteroatoms. The summed E-state index contributed by atoms with van der Waals surface area (Å²) in [4.78, 5) is 0. The first-order valence-corrected chi connectivity index (χ1v) is 6.52. The molecular weight excluding hydrogens is 541 g/mol. The first-order valence-electron chi connectivity index (χ1n) is 6.52. The van der Waals surface area contributed by atoms with E-state index in [4.69, 9.17) is 0 Å². The fraction of sp³-hybridized carbons (Fsp3) is 0. The molecule has 0 aliphatic carbocycles. The summed E-state index contributed by atoms with van der Waals surface area (Å²) in [5, 5.41) is 8.75. The van der Waals surface area contributed by atoms with Crippen LogP contribution in [0.5, 0.6) is 0 Å². The summed E-state index contributed by atoms with van der Waals surface area (Å²) in [6, 6.07) is 19.7. The number of fused-ring (bicyclic) bond motifs is 8. The van der Waals surface area contributed by atoms with E-state index >= 15 is 0 Å². The topological polar surface area (TPSA) is 24.3 Å². The van der Waals surface area contributed by atoms with Crippen molar-refractivity contribution in [2.45, 2.75) is 0 Å². The van der Waals surface area contributed by atoms with Gasteiger partial charge in [-0.25, -0.2) is 0 Å². The van der Waals surface area contributed by atoms with E-state index in [0.29, 0.717) is 0 Å². The van der Waals surface area contributed by atoms with Crippen molar-refractivity contribution in [2.75, 3.05) is 10.0 Å². The van der Waals surface area contributed by atoms with E-state index in [1.54, 1.807) is 0 Å². The van der Waals surface area contributed by atoms with Crippen LogP contribution in [0.3, 0.4) is 0 Å². The molecule has 0 atom stereocenters. The minimum atomic E-state index is 0. The van der Waals surface area contributed by atoms with Gasteiger partial charge in [0.15, 0.2) is 0 Å². The molecule has 2 aliphatic rings. The van der Waals surface area contributed by atoms with Gasteiger partial charge in [-0.3, -0.25) is 4.68 Å². The van der Waals surface area contributed by atoms with E-state index < -0.39 is 0 Å². The molecule has 0 spiro atoms. The third-order valence-electron chi connectivity index (χ3n) is 3.75. The van der Waals surface area contributed by atoms with Crippen molar-refractivity contribution in [3.05, 3.63) is 80.3 Å². The zero-order valence-electron chi connectivity index (χ0n) is 12.5. The normalized spacial score (nSPS) is 12.3. The number of benzene rings is 2. The molecule has 4 nitrogen and oxygen atoms in total. The average Bonchev–Trinajstić information content (AvgIpc) is 3.11. The predicted molar refractivity (Wildman–Crippen MR) is 83.3 cm³/mol. The van der Waals surface area contributed by atoms with Crippen molar-refractivity contribution in [1.82, 2.24) is 9.78 Å². The van der Waals surface area contributed by atoms with Crippen LogP contribution >= 0.6 is 0 Å². The number of aromatic nitrogens is 2. The zero-order valence-corrected chi connectivity index (χ0v) is 17.7. The van der Waals surface area contributed by atoms with Gasteiger partial charge in [0.2, 0.25) is 0 Å². The third-order valence-corrected chi connectivity index (χ3v) is 3.75. The van der Waals surface area contributed by atoms with E-state index in [9.17, 15) is 0 Å². The molecule has 5 rings (SSSR count). The maximum absolute atomic E-state index is 4.45. The van der Waals surface area contributed by atoms with Crippen LogP contribution in [0.4, 0.5) is 17.2 Å². The standard InChI is InChI=1S/C16H10N4.CH3.Ir.Y/c1-2-6-13-12(5-1)11-18-14-7-3-4-8-15(14)19-16(20(13)18)9-10-17-19;;;/h1-6,8-11H;1H3;;/q-2;-1;+3;. The van der Waals surface area contributed by atoms with Crippen LogP contribution in [0.25, 0.3) is 5.69 Å². The van der Waals surface area contributed by atoms with E-state index in [1.807, 2.05) is 29.1 Å². The fourth-order valence-corrected chi connectivity index (χ4v) is 2.91. The Kier molecular flexibility index (Phi) is 5.37. The third kappa shape index (κ3) is 2.47. The minimum absolute atomic E-state index is 0. The molecule has 3 heterocycles. The van der Waals surface area contributed by atoms with Crippen LogP contribution in [0.2, 0.25) is 0 Å². The van der Waals surface area contributed by atoms with Gasteiger partial charge in [0.25, 0.3) is 0 Å². The van der Waals surface area contributed by atoms with Gasteiger partial charge >= 0.3 is 20.1 Å². The molecule has 1 radical (unpaired) electrons. The number of nitrogens with zero attached hydrogens (tertiary/aromatic N) is 4. The van der Waals surface area contributed by atoms with Crippen LogP contribution in [-0.2, 0) is 52.8 Å². The molecular formula is C17H13IrN4Y. The van der Waals surface area contributed by atoms with E-state index in [2.05, 4.69) is 58.1 Å². The van der Waals surface area contributed by atoms with Gasteiger partial charge in [-0.2, -0.15) is 29.4 Å². The van der Waals surface area contributed by atoms with E-state index in [0.717, 1.165) is 22.9 Å². The van der Waals surface area contributed by atoms with Gasteiger partial charge in [-0.05, 0) is 17.1 Å². The zero-order chi connectivity index (χ0) is 13.1. The Labute approximate surface area is 174 Å². The van der Waals surface area contributed by atoms with Gasteiger partial charge in [0.05, 0.1) is 6.20 Å². The summed E-state index contributed by atoms with van der Waals surface area (Å²) in [6.45, 7) is 2.14. The van der Waals surface area contributed by atoms with Crippen molar-refractivity contribution in [1.29, 1.82) is 0 Å². The number of hydrazine groups is 1. The van der Waals surface area contributed by atoms with Crippen molar-refractivity contribution < 1.29 is 52.8 Å². The number of anilines is 3. The molecule has 0 unspecified atom stereocenters. The summed E-state index contributed by atoms with van der Waals surface area (Å²) in [5.74, 6) is 1.04. The Morgan fingerprint density at radius 1 is 1.00 bits per heavy atom. The van der Waals surface area contributed by atoms with E-state index in [-0.39, 0.29) is 60.2 Å². The van der Waals surface area contributed by atoms with E-state index in [1.165, 1.54) is 5.56 Å². The molecule has 113 valence electrons. The molecule has 23 heavy (non-hydrogen) atoms. The molecule has 3 aromatic rings. The fourth-order valence-electron chi connectivity index (χ4n) is 2.91. The van der Waals surface area contributed by atoms with Gasteiger partial charge in [-0.15, -0.1) is 17.7 Å². The number of para-hydroxylation sites is 2. The van der Waals surface area contributed by atoms with Gasteiger partial charge in [-0.1, -0.05) is 18.7 Å². The van der Waals surface area contributed by atoms with Crippen molar-refractivity contribution in [2.24, 2.45) is 0 Å². The second kappa shape index (κ2) is 6.78. The monoisotopic (exact) mass is 555 g/mol. The van der Waals surface area contributed by atoms with Gasteiger partial charge in [0, 0.05) is 38.8 Å². The molecule has 2 aromatic carbocycles. The summed E-state index contributed by atoms with van der Waals surface area (Å²) >= 11 is 0. The Hall–Kier alpha value is -1.13. The maximum atomic E-state index is 4.45. The molecule has 1 aromatic heterocycles. The van der Waals surface area contributed by atoms with Gasteiger partial charge < -0.3 is 17.4 Å². The minimum Gasteiger partial charge on any atom is -0.358 e.